The van der Waals surface area contributed by atoms with Crippen LogP contribution in [0, 0.1) is 22.9 Å². The van der Waals surface area contributed by atoms with Crippen LogP contribution in [0.15, 0.2) is 33.2 Å². The Hall–Kier alpha value is -2.20. The Morgan fingerprint density at radius 2 is 1.57 bits per heavy atom. The first kappa shape index (κ1) is 3.51. The molecule has 1 aliphatic carbocycles. The van der Waals surface area contributed by atoms with Crippen molar-refractivity contribution in [3.05, 3.63) is 23.3 Å². The van der Waals surface area contributed by atoms with Gasteiger partial charge in [-0.3, -0.25) is 0 Å². The number of allylic oxidation sites excluding steroid dienone is 4. The van der Waals surface area contributed by atoms with E-state index in [1.807, 2.05) is 0 Å². The molecule has 0 aromatic heterocycles. The summed E-state index contributed by atoms with van der Waals surface area (Å²) in [4.78, 5) is 6.34. The predicted molar refractivity (Wildman–Crippen MR) is 53.6 cm³/mol. The molecule has 68 valence electrons. The van der Waals surface area contributed by atoms with Crippen LogP contribution in [0.5, 0.6) is 0 Å². The first-order chi connectivity index (χ1) is 9.96. The number of aliphatic imine (C=N–C) groups is 2. The third-order valence-corrected chi connectivity index (χ3v) is 1.28. The molecule has 4 heteroatoms. The highest BCUT2D eigenvalue weighted by molar-refractivity contribution is 6.23. The van der Waals surface area contributed by atoms with Crippen LogP contribution < -0.4 is 0 Å². The molecule has 14 heavy (non-hydrogen) atoms. The summed E-state index contributed by atoms with van der Waals surface area (Å²) >= 11 is 0. The van der Waals surface area contributed by atoms with Crippen LogP contribution in [0.4, 0.5) is 0 Å². The summed E-state index contributed by atoms with van der Waals surface area (Å²) in [6.45, 7) is -5.87. The highest BCUT2D eigenvalue weighted by Gasteiger charge is 2.10. The van der Waals surface area contributed by atoms with Crippen LogP contribution in [0.1, 0.15) is 24.7 Å². The standard InChI is InChI=1S/C10H8N4/c1-7-3-10(14-6-12)8(2)4-9(7)13-5-11/h3-4H,1-2H3/i1D3,2D3,3D,4D. The summed E-state index contributed by atoms with van der Waals surface area (Å²) < 4.78 is 60.0. The van der Waals surface area contributed by atoms with Gasteiger partial charge in [0.15, 0.2) is 0 Å². The molecule has 1 rings (SSSR count). The maximum absolute atomic E-state index is 8.63. The van der Waals surface area contributed by atoms with E-state index in [1.165, 1.54) is 12.4 Å². The molecule has 0 atom stereocenters. The topological polar surface area (TPSA) is 72.3 Å². The van der Waals surface area contributed by atoms with Gasteiger partial charge < -0.3 is 0 Å². The maximum atomic E-state index is 8.63. The Morgan fingerprint density at radius 3 is 1.86 bits per heavy atom. The molecule has 0 saturated heterocycles. The predicted octanol–water partition coefficient (Wildman–Crippen LogP) is 1.74. The van der Waals surface area contributed by atoms with E-state index in [1.54, 1.807) is 0 Å². The number of nitrogens with zero attached hydrogens (tertiary/aromatic N) is 4. The first-order valence-electron chi connectivity index (χ1n) is 7.34. The molecule has 0 amide bonds. The smallest absolute Gasteiger partial charge is 0.173 e. The van der Waals surface area contributed by atoms with Crippen LogP contribution in [0.2, 0.25) is 0 Å². The van der Waals surface area contributed by atoms with E-state index < -0.39 is 48.4 Å². The number of hydrogen-bond donors (Lipinski definition) is 0. The number of hydrogen-bond acceptors (Lipinski definition) is 4. The molecule has 0 heterocycles. The van der Waals surface area contributed by atoms with Gasteiger partial charge in [0.2, 0.25) is 12.4 Å². The molecule has 4 nitrogen and oxygen atoms in total. The monoisotopic (exact) mass is 192 g/mol. The summed E-state index contributed by atoms with van der Waals surface area (Å²) in [6, 6.07) is -1.73. The fraction of sp³-hybridized carbons (Fsp3) is 0.200. The normalized spacial score (nSPS) is 32.7. The van der Waals surface area contributed by atoms with E-state index in [0.717, 1.165) is 0 Å². The fourth-order valence-corrected chi connectivity index (χ4v) is 0.748. The average Bonchev–Trinajstić information content (AvgIpc) is 2.32. The Morgan fingerprint density at radius 1 is 1.14 bits per heavy atom. The van der Waals surface area contributed by atoms with Crippen LogP contribution in [0.3, 0.4) is 0 Å². The van der Waals surface area contributed by atoms with Crippen molar-refractivity contribution in [1.82, 2.24) is 0 Å². The van der Waals surface area contributed by atoms with Crippen molar-refractivity contribution in [2.75, 3.05) is 0 Å². The molecule has 0 bridgehead atoms. The van der Waals surface area contributed by atoms with Crippen LogP contribution in [-0.4, -0.2) is 11.4 Å². The Kier molecular flexibility index (Phi) is 1.04. The van der Waals surface area contributed by atoms with E-state index in [2.05, 4.69) is 9.98 Å². The summed E-state index contributed by atoms with van der Waals surface area (Å²) in [6.07, 6.45) is 2.57. The zero-order valence-electron chi connectivity index (χ0n) is 14.8. The van der Waals surface area contributed by atoms with Gasteiger partial charge in [-0.15, -0.1) is 0 Å². The second-order valence-corrected chi connectivity index (χ2v) is 2.12. The fourth-order valence-electron chi connectivity index (χ4n) is 0.748. The lowest BCUT2D eigenvalue weighted by atomic mass is 9.98. The zero-order chi connectivity index (χ0) is 17.3. The Balaban J connectivity index is 3.92. The quantitative estimate of drug-likeness (QED) is 0.433. The van der Waals surface area contributed by atoms with E-state index >= 15 is 0 Å². The van der Waals surface area contributed by atoms with Crippen molar-refractivity contribution >= 4 is 11.4 Å². The molecule has 0 radical (unpaired) electrons. The van der Waals surface area contributed by atoms with Crippen LogP contribution in [-0.2, 0) is 0 Å². The van der Waals surface area contributed by atoms with Crippen molar-refractivity contribution in [3.63, 3.8) is 0 Å². The molecule has 0 saturated carbocycles. The molecule has 1 aliphatic rings. The Bertz CT molecular complexity index is 643. The average molecular weight is 192 g/mol. The van der Waals surface area contributed by atoms with Crippen LogP contribution >= 0.6 is 0 Å². The maximum Gasteiger partial charge on any atom is 0.206 e. The van der Waals surface area contributed by atoms with Crippen molar-refractivity contribution < 1.29 is 11.0 Å². The van der Waals surface area contributed by atoms with Gasteiger partial charge >= 0.3 is 0 Å². The summed E-state index contributed by atoms with van der Waals surface area (Å²) in [5.41, 5.74) is -3.03. The molecule has 0 fully saturated rings. The third-order valence-electron chi connectivity index (χ3n) is 1.28. The lowest BCUT2D eigenvalue weighted by Gasteiger charge is -2.09. The molecular weight excluding hydrogens is 176 g/mol. The highest BCUT2D eigenvalue weighted by atomic mass is 14.8. The van der Waals surface area contributed by atoms with Gasteiger partial charge in [0, 0.05) is 8.22 Å². The molecule has 0 aromatic carbocycles. The summed E-state index contributed by atoms with van der Waals surface area (Å²) in [7, 11) is 0. The van der Waals surface area contributed by atoms with E-state index in [-0.39, 0.29) is 0 Å². The molecule has 0 unspecified atom stereocenters. The summed E-state index contributed by atoms with van der Waals surface area (Å²) in [5, 5.41) is 17.3. The van der Waals surface area contributed by atoms with Gasteiger partial charge in [-0.05, 0) is 37.0 Å². The van der Waals surface area contributed by atoms with E-state index in [4.69, 9.17) is 21.5 Å². The van der Waals surface area contributed by atoms with Gasteiger partial charge in [-0.25, -0.2) is 0 Å². The van der Waals surface area contributed by atoms with Gasteiger partial charge in [0.25, 0.3) is 0 Å². The minimum Gasteiger partial charge on any atom is -0.173 e. The van der Waals surface area contributed by atoms with Gasteiger partial charge in [-0.2, -0.15) is 20.5 Å². The molecule has 0 spiro atoms. The second kappa shape index (κ2) is 4.15. The van der Waals surface area contributed by atoms with Crippen molar-refractivity contribution in [2.24, 2.45) is 9.98 Å². The van der Waals surface area contributed by atoms with Gasteiger partial charge in [0.1, 0.15) is 0 Å². The summed E-state index contributed by atoms with van der Waals surface area (Å²) in [5.74, 6) is 0. The lowest BCUT2D eigenvalue weighted by Crippen LogP contribution is -2.10. The SMILES string of the molecule is [2H]C1=C(C([2H])([2H])[2H])C(=NC#N)C([2H])=C(C([2H])([2H])[2H])C1=NC#N. The molecule has 0 aliphatic heterocycles. The number of rotatable bonds is 0. The second-order valence-electron chi connectivity index (χ2n) is 2.12. The first-order valence-corrected chi connectivity index (χ1v) is 3.34. The Labute approximate surface area is 93.5 Å². The van der Waals surface area contributed by atoms with Crippen LogP contribution in [0.25, 0.3) is 0 Å². The van der Waals surface area contributed by atoms with E-state index in [0.29, 0.717) is 0 Å². The molecule has 0 N–H and O–H groups in total. The number of nitriles is 2. The van der Waals surface area contributed by atoms with Crippen molar-refractivity contribution in [2.45, 2.75) is 13.7 Å². The zero-order valence-corrected chi connectivity index (χ0v) is 6.79. The minimum absolute atomic E-state index is 0.726. The van der Waals surface area contributed by atoms with Crippen molar-refractivity contribution in [1.29, 1.82) is 10.5 Å². The lowest BCUT2D eigenvalue weighted by molar-refractivity contribution is 1.39. The van der Waals surface area contributed by atoms with Gasteiger partial charge in [-0.1, -0.05) is 0 Å². The van der Waals surface area contributed by atoms with Gasteiger partial charge in [0.05, 0.1) is 14.2 Å². The minimum atomic E-state index is -2.93. The molecular formula is C10H8N4. The third kappa shape index (κ3) is 1.94. The van der Waals surface area contributed by atoms with E-state index in [9.17, 15) is 0 Å². The highest BCUT2D eigenvalue weighted by Crippen LogP contribution is 2.13. The van der Waals surface area contributed by atoms with Crippen molar-refractivity contribution in [3.8, 4) is 12.4 Å². The molecule has 0 aromatic rings. The largest absolute Gasteiger partial charge is 0.206 e.